The molecule has 3 N–H and O–H groups in total. The molecular formula is C19H30FIN4O2. The van der Waals surface area contributed by atoms with Crippen LogP contribution in [0.25, 0.3) is 0 Å². The molecule has 27 heavy (non-hydrogen) atoms. The Kier molecular flexibility index (Phi) is 10.6. The second-order valence-corrected chi connectivity index (χ2v) is 6.56. The number of rotatable bonds is 6. The number of aliphatic hydroxyl groups excluding tert-OH is 1. The quantitative estimate of drug-likeness (QED) is 0.324. The van der Waals surface area contributed by atoms with Crippen molar-refractivity contribution in [2.24, 2.45) is 10.9 Å². The highest BCUT2D eigenvalue weighted by molar-refractivity contribution is 14.0. The molecule has 0 saturated carbocycles. The van der Waals surface area contributed by atoms with Crippen LogP contribution in [0.3, 0.4) is 0 Å². The number of hydrogen-bond donors (Lipinski definition) is 3. The van der Waals surface area contributed by atoms with Gasteiger partial charge in [-0.3, -0.25) is 4.79 Å². The first-order valence-corrected chi connectivity index (χ1v) is 9.19. The third kappa shape index (κ3) is 7.25. The summed E-state index contributed by atoms with van der Waals surface area (Å²) in [6.45, 7) is 4.62. The van der Waals surface area contributed by atoms with Crippen molar-refractivity contribution in [2.75, 3.05) is 26.7 Å². The molecular weight excluding hydrogens is 462 g/mol. The largest absolute Gasteiger partial charge is 0.392 e. The van der Waals surface area contributed by atoms with Crippen molar-refractivity contribution < 1.29 is 14.3 Å². The molecule has 0 aliphatic carbocycles. The molecule has 2 rings (SSSR count). The van der Waals surface area contributed by atoms with Crippen molar-refractivity contribution in [1.82, 2.24) is 15.5 Å². The van der Waals surface area contributed by atoms with E-state index in [1.54, 1.807) is 19.2 Å². The van der Waals surface area contributed by atoms with E-state index >= 15 is 0 Å². The van der Waals surface area contributed by atoms with Gasteiger partial charge < -0.3 is 20.6 Å². The second kappa shape index (κ2) is 12.1. The standard InChI is InChI=1S/C19H29FN4O2.HI/c1-3-22-19(23-12-15-4-5-17(20)16(10-15)13-25)24-8-6-14(7-9-24)11-18(26)21-2;/h4-5,10,14,25H,3,6-9,11-13H2,1-2H3,(H,21,26)(H,22,23);1H. The number of hydrogen-bond acceptors (Lipinski definition) is 3. The molecule has 1 aliphatic heterocycles. The minimum atomic E-state index is -0.398. The average molecular weight is 492 g/mol. The zero-order valence-electron chi connectivity index (χ0n) is 16.0. The van der Waals surface area contributed by atoms with E-state index in [1.165, 1.54) is 6.07 Å². The Bertz CT molecular complexity index is 634. The molecule has 0 unspecified atom stereocenters. The molecule has 6 nitrogen and oxygen atoms in total. The number of likely N-dealkylation sites (tertiary alicyclic amines) is 1. The van der Waals surface area contributed by atoms with Gasteiger partial charge in [-0.15, -0.1) is 24.0 Å². The molecule has 0 bridgehead atoms. The van der Waals surface area contributed by atoms with E-state index in [9.17, 15) is 14.3 Å². The Balaban J connectivity index is 0.00000364. The SMILES string of the molecule is CCNC(=NCc1ccc(F)c(CO)c1)N1CCC(CC(=O)NC)CC1.I. The number of nitrogens with one attached hydrogen (secondary N) is 2. The maximum Gasteiger partial charge on any atom is 0.220 e. The van der Waals surface area contributed by atoms with Crippen LogP contribution in [0.5, 0.6) is 0 Å². The van der Waals surface area contributed by atoms with Gasteiger partial charge in [0.25, 0.3) is 0 Å². The molecule has 1 heterocycles. The van der Waals surface area contributed by atoms with Gasteiger partial charge in [0.1, 0.15) is 5.82 Å². The number of benzene rings is 1. The van der Waals surface area contributed by atoms with Gasteiger partial charge >= 0.3 is 0 Å². The van der Waals surface area contributed by atoms with Crippen molar-refractivity contribution in [3.8, 4) is 0 Å². The molecule has 1 amide bonds. The average Bonchev–Trinajstić information content (AvgIpc) is 2.66. The number of carbonyl (C=O) groups is 1. The lowest BCUT2D eigenvalue weighted by Crippen LogP contribution is -2.46. The number of piperidine rings is 1. The van der Waals surface area contributed by atoms with Crippen LogP contribution < -0.4 is 10.6 Å². The first kappa shape index (κ1) is 23.6. The van der Waals surface area contributed by atoms with Crippen molar-refractivity contribution in [3.63, 3.8) is 0 Å². The summed E-state index contributed by atoms with van der Waals surface area (Å²) in [5.74, 6) is 0.949. The van der Waals surface area contributed by atoms with Crippen LogP contribution in [0, 0.1) is 11.7 Å². The van der Waals surface area contributed by atoms with E-state index in [4.69, 9.17) is 0 Å². The fraction of sp³-hybridized carbons (Fsp3) is 0.579. The number of aliphatic hydroxyl groups is 1. The monoisotopic (exact) mass is 492 g/mol. The summed E-state index contributed by atoms with van der Waals surface area (Å²) >= 11 is 0. The summed E-state index contributed by atoms with van der Waals surface area (Å²) in [4.78, 5) is 18.4. The summed E-state index contributed by atoms with van der Waals surface area (Å²) in [6, 6.07) is 4.71. The third-order valence-electron chi connectivity index (χ3n) is 4.69. The molecule has 1 aliphatic rings. The van der Waals surface area contributed by atoms with Gasteiger partial charge in [0.2, 0.25) is 5.91 Å². The minimum Gasteiger partial charge on any atom is -0.392 e. The first-order chi connectivity index (χ1) is 12.6. The van der Waals surface area contributed by atoms with Crippen LogP contribution in [0.2, 0.25) is 0 Å². The predicted molar refractivity (Wildman–Crippen MR) is 116 cm³/mol. The van der Waals surface area contributed by atoms with Gasteiger partial charge in [0.05, 0.1) is 13.2 Å². The Labute approximate surface area is 177 Å². The maximum atomic E-state index is 13.5. The molecule has 0 spiro atoms. The number of guanidine groups is 1. The highest BCUT2D eigenvalue weighted by Crippen LogP contribution is 2.20. The molecule has 0 aromatic heterocycles. The normalized spacial score (nSPS) is 15.3. The lowest BCUT2D eigenvalue weighted by Gasteiger charge is -2.34. The molecule has 152 valence electrons. The van der Waals surface area contributed by atoms with Gasteiger partial charge in [0, 0.05) is 38.7 Å². The Hall–Kier alpha value is -1.42. The smallest absolute Gasteiger partial charge is 0.220 e. The van der Waals surface area contributed by atoms with Crippen LogP contribution in [0.1, 0.15) is 37.3 Å². The molecule has 1 fully saturated rings. The number of halogens is 2. The van der Waals surface area contributed by atoms with E-state index < -0.39 is 5.82 Å². The van der Waals surface area contributed by atoms with Gasteiger partial charge in [0.15, 0.2) is 5.96 Å². The van der Waals surface area contributed by atoms with Gasteiger partial charge in [-0.25, -0.2) is 9.38 Å². The van der Waals surface area contributed by atoms with E-state index in [-0.39, 0.29) is 42.1 Å². The molecule has 1 aromatic rings. The Morgan fingerprint density at radius 2 is 2.07 bits per heavy atom. The van der Waals surface area contributed by atoms with Crippen LogP contribution in [-0.2, 0) is 17.9 Å². The van der Waals surface area contributed by atoms with Gasteiger partial charge in [-0.1, -0.05) is 6.07 Å². The lowest BCUT2D eigenvalue weighted by atomic mass is 9.93. The fourth-order valence-corrected chi connectivity index (χ4v) is 3.15. The zero-order chi connectivity index (χ0) is 18.9. The lowest BCUT2D eigenvalue weighted by molar-refractivity contribution is -0.121. The van der Waals surface area contributed by atoms with E-state index in [2.05, 4.69) is 20.5 Å². The summed E-state index contributed by atoms with van der Waals surface area (Å²) in [7, 11) is 1.67. The molecule has 0 atom stereocenters. The molecule has 8 heteroatoms. The van der Waals surface area contributed by atoms with Crippen molar-refractivity contribution in [3.05, 3.63) is 35.1 Å². The van der Waals surface area contributed by atoms with Gasteiger partial charge in [-0.05, 0) is 43.4 Å². The number of carbonyl (C=O) groups excluding carboxylic acids is 1. The van der Waals surface area contributed by atoms with Crippen LogP contribution >= 0.6 is 24.0 Å². The summed E-state index contributed by atoms with van der Waals surface area (Å²) in [5.41, 5.74) is 1.15. The predicted octanol–water partition coefficient (Wildman–Crippen LogP) is 2.25. The fourth-order valence-electron chi connectivity index (χ4n) is 3.15. The number of aliphatic imine (C=N–C) groups is 1. The van der Waals surface area contributed by atoms with E-state index in [1.807, 2.05) is 6.92 Å². The van der Waals surface area contributed by atoms with Crippen molar-refractivity contribution >= 4 is 35.8 Å². The summed E-state index contributed by atoms with van der Waals surface area (Å²) in [5, 5.41) is 15.2. The van der Waals surface area contributed by atoms with Crippen LogP contribution in [0.15, 0.2) is 23.2 Å². The topological polar surface area (TPSA) is 77.0 Å². The summed E-state index contributed by atoms with van der Waals surface area (Å²) in [6.07, 6.45) is 2.50. The first-order valence-electron chi connectivity index (χ1n) is 9.19. The molecule has 1 saturated heterocycles. The maximum absolute atomic E-state index is 13.5. The molecule has 0 radical (unpaired) electrons. The molecule has 1 aromatic carbocycles. The van der Waals surface area contributed by atoms with Gasteiger partial charge in [-0.2, -0.15) is 0 Å². The van der Waals surface area contributed by atoms with Crippen molar-refractivity contribution in [1.29, 1.82) is 0 Å². The Morgan fingerprint density at radius 1 is 1.37 bits per heavy atom. The van der Waals surface area contributed by atoms with E-state index in [0.29, 0.717) is 18.9 Å². The highest BCUT2D eigenvalue weighted by Gasteiger charge is 2.23. The van der Waals surface area contributed by atoms with Crippen molar-refractivity contribution in [2.45, 2.75) is 39.3 Å². The summed E-state index contributed by atoms with van der Waals surface area (Å²) < 4.78 is 13.5. The van der Waals surface area contributed by atoms with Crippen LogP contribution in [-0.4, -0.2) is 48.6 Å². The zero-order valence-corrected chi connectivity index (χ0v) is 18.3. The number of nitrogens with zero attached hydrogens (tertiary/aromatic N) is 2. The Morgan fingerprint density at radius 3 is 2.67 bits per heavy atom. The highest BCUT2D eigenvalue weighted by atomic mass is 127. The van der Waals surface area contributed by atoms with E-state index in [0.717, 1.165) is 44.0 Å². The third-order valence-corrected chi connectivity index (χ3v) is 4.69. The van der Waals surface area contributed by atoms with Crippen LogP contribution in [0.4, 0.5) is 4.39 Å². The second-order valence-electron chi connectivity index (χ2n) is 6.56. The minimum absolute atomic E-state index is 0. The number of amides is 1.